The average molecular weight is 294 g/mol. The van der Waals surface area contributed by atoms with Gasteiger partial charge in [-0.2, -0.15) is 0 Å². The highest BCUT2D eigenvalue weighted by Gasteiger charge is 2.28. The van der Waals surface area contributed by atoms with Gasteiger partial charge in [0.1, 0.15) is 0 Å². The zero-order chi connectivity index (χ0) is 15.4. The highest BCUT2D eigenvalue weighted by molar-refractivity contribution is 5.42. The molecule has 2 atom stereocenters. The van der Waals surface area contributed by atoms with Crippen molar-refractivity contribution >= 4 is 0 Å². The number of aromatic hydroxyl groups is 1. The topological polar surface area (TPSA) is 56.2 Å². The Morgan fingerprint density at radius 3 is 2.71 bits per heavy atom. The maximum Gasteiger partial charge on any atom is 0.160 e. The lowest BCUT2D eigenvalue weighted by atomic mass is 10.0. The number of phenols is 1. The van der Waals surface area contributed by atoms with Crippen molar-refractivity contribution in [3.8, 4) is 11.5 Å². The molecule has 0 radical (unpaired) electrons. The van der Waals surface area contributed by atoms with Crippen LogP contribution in [0.4, 0.5) is 0 Å². The smallest absolute Gasteiger partial charge is 0.160 e. The van der Waals surface area contributed by atoms with Gasteiger partial charge in [-0.1, -0.05) is 13.0 Å². The van der Waals surface area contributed by atoms with Gasteiger partial charge in [-0.3, -0.25) is 9.80 Å². The van der Waals surface area contributed by atoms with E-state index in [9.17, 15) is 10.2 Å². The molecule has 0 aliphatic carbocycles. The van der Waals surface area contributed by atoms with E-state index in [0.29, 0.717) is 11.8 Å². The Balaban J connectivity index is 2.16. The molecule has 1 aromatic carbocycles. The Hall–Kier alpha value is -1.30. The number of phenolic OH excluding ortho intramolecular Hbond substituents is 1. The third-order valence-electron chi connectivity index (χ3n) is 4.40. The fraction of sp³-hybridized carbons (Fsp3) is 0.625. The molecule has 2 rings (SSSR count). The zero-order valence-corrected chi connectivity index (χ0v) is 13.1. The SMILES string of the molecule is CCN1CCN(C(CO)c2ccc(O)c(OC)c2)CC1C. The second kappa shape index (κ2) is 7.11. The van der Waals surface area contributed by atoms with Gasteiger partial charge in [-0.15, -0.1) is 0 Å². The van der Waals surface area contributed by atoms with Crippen LogP contribution in [-0.2, 0) is 0 Å². The van der Waals surface area contributed by atoms with Crippen molar-refractivity contribution in [3.63, 3.8) is 0 Å². The van der Waals surface area contributed by atoms with E-state index >= 15 is 0 Å². The highest BCUT2D eigenvalue weighted by Crippen LogP contribution is 2.31. The first-order chi connectivity index (χ1) is 10.1. The fourth-order valence-corrected chi connectivity index (χ4v) is 3.11. The number of methoxy groups -OCH3 is 1. The van der Waals surface area contributed by atoms with Gasteiger partial charge in [0.05, 0.1) is 19.8 Å². The third-order valence-corrected chi connectivity index (χ3v) is 4.40. The fourth-order valence-electron chi connectivity index (χ4n) is 3.11. The summed E-state index contributed by atoms with van der Waals surface area (Å²) in [6.07, 6.45) is 0. The number of benzene rings is 1. The van der Waals surface area contributed by atoms with Gasteiger partial charge in [-0.25, -0.2) is 0 Å². The molecule has 1 fully saturated rings. The predicted molar refractivity (Wildman–Crippen MR) is 82.8 cm³/mol. The molecule has 2 unspecified atom stereocenters. The van der Waals surface area contributed by atoms with E-state index in [1.807, 2.05) is 12.1 Å². The number of aliphatic hydroxyl groups excluding tert-OH is 1. The molecule has 0 bridgehead atoms. The number of aliphatic hydroxyl groups is 1. The normalized spacial score (nSPS) is 22.2. The molecule has 1 aliphatic rings. The summed E-state index contributed by atoms with van der Waals surface area (Å²) < 4.78 is 5.16. The second-order valence-corrected chi connectivity index (χ2v) is 5.60. The van der Waals surface area contributed by atoms with Crippen LogP contribution < -0.4 is 4.74 Å². The third kappa shape index (κ3) is 3.48. The van der Waals surface area contributed by atoms with Gasteiger partial charge >= 0.3 is 0 Å². The molecule has 5 nitrogen and oxygen atoms in total. The van der Waals surface area contributed by atoms with Gasteiger partial charge in [0.2, 0.25) is 0 Å². The van der Waals surface area contributed by atoms with Crippen LogP contribution in [0.2, 0.25) is 0 Å². The van der Waals surface area contributed by atoms with Crippen molar-refractivity contribution in [2.24, 2.45) is 0 Å². The molecule has 1 saturated heterocycles. The van der Waals surface area contributed by atoms with E-state index in [1.54, 1.807) is 6.07 Å². The van der Waals surface area contributed by atoms with E-state index in [-0.39, 0.29) is 18.4 Å². The Morgan fingerprint density at radius 1 is 1.38 bits per heavy atom. The van der Waals surface area contributed by atoms with Crippen molar-refractivity contribution in [2.45, 2.75) is 25.9 Å². The second-order valence-electron chi connectivity index (χ2n) is 5.60. The minimum absolute atomic E-state index is 0.0547. The molecule has 1 aromatic rings. The summed E-state index contributed by atoms with van der Waals surface area (Å²) in [4.78, 5) is 4.75. The minimum Gasteiger partial charge on any atom is -0.504 e. The number of nitrogens with zero attached hydrogens (tertiary/aromatic N) is 2. The number of hydrogen-bond donors (Lipinski definition) is 2. The summed E-state index contributed by atoms with van der Waals surface area (Å²) in [5.41, 5.74) is 0.976. The van der Waals surface area contributed by atoms with E-state index in [4.69, 9.17) is 4.74 Å². The van der Waals surface area contributed by atoms with Crippen molar-refractivity contribution in [3.05, 3.63) is 23.8 Å². The Bertz CT molecular complexity index is 467. The van der Waals surface area contributed by atoms with Gasteiger partial charge in [0, 0.05) is 25.7 Å². The largest absolute Gasteiger partial charge is 0.504 e. The van der Waals surface area contributed by atoms with Gasteiger partial charge in [0.25, 0.3) is 0 Å². The minimum atomic E-state index is -0.0547. The quantitative estimate of drug-likeness (QED) is 0.861. The summed E-state index contributed by atoms with van der Waals surface area (Å²) in [5, 5.41) is 19.5. The van der Waals surface area contributed by atoms with Gasteiger partial charge in [0.15, 0.2) is 11.5 Å². The monoisotopic (exact) mass is 294 g/mol. The molecule has 0 amide bonds. The van der Waals surface area contributed by atoms with Gasteiger partial charge in [-0.05, 0) is 31.2 Å². The predicted octanol–water partition coefficient (Wildman–Crippen LogP) is 1.46. The highest BCUT2D eigenvalue weighted by atomic mass is 16.5. The van der Waals surface area contributed by atoms with Crippen LogP contribution in [0.5, 0.6) is 11.5 Å². The summed E-state index contributed by atoms with van der Waals surface area (Å²) in [6, 6.07) is 5.73. The summed E-state index contributed by atoms with van der Waals surface area (Å²) in [7, 11) is 1.54. The van der Waals surface area contributed by atoms with Crippen LogP contribution in [0.3, 0.4) is 0 Å². The van der Waals surface area contributed by atoms with E-state index in [1.165, 1.54) is 7.11 Å². The molecule has 5 heteroatoms. The molecule has 1 heterocycles. The lowest BCUT2D eigenvalue weighted by Crippen LogP contribution is -2.53. The Morgan fingerprint density at radius 2 is 2.14 bits per heavy atom. The molecular formula is C16H26N2O3. The number of hydrogen-bond acceptors (Lipinski definition) is 5. The average Bonchev–Trinajstić information content (AvgIpc) is 2.49. The van der Waals surface area contributed by atoms with Crippen LogP contribution in [0.1, 0.15) is 25.5 Å². The number of ether oxygens (including phenoxy) is 1. The molecule has 21 heavy (non-hydrogen) atoms. The van der Waals surface area contributed by atoms with Crippen LogP contribution in [0.25, 0.3) is 0 Å². The van der Waals surface area contributed by atoms with Crippen LogP contribution >= 0.6 is 0 Å². The first-order valence-corrected chi connectivity index (χ1v) is 7.56. The first kappa shape index (κ1) is 16.1. The van der Waals surface area contributed by atoms with Crippen LogP contribution in [0, 0.1) is 0 Å². The molecule has 0 aromatic heterocycles. The number of piperazine rings is 1. The molecule has 0 saturated carbocycles. The van der Waals surface area contributed by atoms with Crippen molar-refractivity contribution in [2.75, 3.05) is 39.9 Å². The zero-order valence-electron chi connectivity index (χ0n) is 13.1. The summed E-state index contributed by atoms with van der Waals surface area (Å²) in [6.45, 7) is 8.42. The van der Waals surface area contributed by atoms with Crippen LogP contribution in [0.15, 0.2) is 18.2 Å². The maximum absolute atomic E-state index is 9.82. The Kier molecular flexibility index (Phi) is 5.45. The number of likely N-dealkylation sites (N-methyl/N-ethyl adjacent to an activating group) is 1. The van der Waals surface area contributed by atoms with E-state index < -0.39 is 0 Å². The molecule has 2 N–H and O–H groups in total. The standard InChI is InChI=1S/C16H26N2O3/c1-4-17-7-8-18(10-12(17)2)14(11-19)13-5-6-15(20)16(9-13)21-3/h5-6,9,12,14,19-20H,4,7-8,10-11H2,1-3H3. The lowest BCUT2D eigenvalue weighted by Gasteiger charge is -2.42. The molecule has 0 spiro atoms. The lowest BCUT2D eigenvalue weighted by molar-refractivity contribution is 0.0366. The Labute approximate surface area is 126 Å². The van der Waals surface area contributed by atoms with Gasteiger partial charge < -0.3 is 14.9 Å². The molecule has 1 aliphatic heterocycles. The van der Waals surface area contributed by atoms with Crippen molar-refractivity contribution in [1.29, 1.82) is 0 Å². The summed E-state index contributed by atoms with van der Waals surface area (Å²) in [5.74, 6) is 0.577. The number of rotatable bonds is 5. The first-order valence-electron chi connectivity index (χ1n) is 7.56. The maximum atomic E-state index is 9.82. The molecule has 118 valence electrons. The van der Waals surface area contributed by atoms with E-state index in [0.717, 1.165) is 31.7 Å². The van der Waals surface area contributed by atoms with E-state index in [2.05, 4.69) is 23.6 Å². The van der Waals surface area contributed by atoms with Crippen LogP contribution in [-0.4, -0.2) is 66.0 Å². The van der Waals surface area contributed by atoms with Crippen molar-refractivity contribution < 1.29 is 14.9 Å². The summed E-state index contributed by atoms with van der Waals surface area (Å²) >= 11 is 0. The van der Waals surface area contributed by atoms with Crippen molar-refractivity contribution in [1.82, 2.24) is 9.80 Å². The molecular weight excluding hydrogens is 268 g/mol.